The Morgan fingerprint density at radius 1 is 1.88 bits per heavy atom. The van der Waals surface area contributed by atoms with Crippen LogP contribution in [0.5, 0.6) is 0 Å². The number of hydrogen-bond donors (Lipinski definition) is 1. The van der Waals surface area contributed by atoms with Gasteiger partial charge in [-0.05, 0) is 11.9 Å². The van der Waals surface area contributed by atoms with Crippen LogP contribution in [0.25, 0.3) is 0 Å². The molecule has 0 radical (unpaired) electrons. The van der Waals surface area contributed by atoms with Crippen molar-refractivity contribution in [3.8, 4) is 0 Å². The van der Waals surface area contributed by atoms with Crippen molar-refractivity contribution >= 4 is 11.9 Å². The Morgan fingerprint density at radius 2 is 2.62 bits per heavy atom. The van der Waals surface area contributed by atoms with Gasteiger partial charge >= 0.3 is 0 Å². The lowest BCUT2D eigenvalue weighted by Crippen LogP contribution is -1.98. The van der Waals surface area contributed by atoms with Gasteiger partial charge in [-0.2, -0.15) is 0 Å². The van der Waals surface area contributed by atoms with E-state index in [1.807, 2.05) is 6.26 Å². The van der Waals surface area contributed by atoms with Gasteiger partial charge in [0.15, 0.2) is 0 Å². The second-order valence-corrected chi connectivity index (χ2v) is 2.06. The molecule has 3 nitrogen and oxygen atoms in total. The largest absolute Gasteiger partial charge is 0.268 e. The Morgan fingerprint density at radius 3 is 2.88 bits per heavy atom. The van der Waals surface area contributed by atoms with Crippen molar-refractivity contribution in [3.05, 3.63) is 22.6 Å². The Bertz CT molecular complexity index is 214. The molecule has 44 valence electrons. The Hall–Kier alpha value is -0.640. The first-order chi connectivity index (χ1) is 3.83. The van der Waals surface area contributed by atoms with Crippen LogP contribution in [0.3, 0.4) is 0 Å². The summed E-state index contributed by atoms with van der Waals surface area (Å²) in [6.07, 6.45) is 3.57. The van der Waals surface area contributed by atoms with Crippen molar-refractivity contribution in [2.75, 3.05) is 6.26 Å². The lowest BCUT2D eigenvalue weighted by Gasteiger charge is -1.88. The molecule has 1 rings (SSSR count). The zero-order chi connectivity index (χ0) is 5.98. The molecule has 0 fully saturated rings. The maximum atomic E-state index is 10.4. The summed E-state index contributed by atoms with van der Waals surface area (Å²) in [6.45, 7) is 0. The average molecular weight is 130 g/mol. The van der Waals surface area contributed by atoms with E-state index in [0.717, 1.165) is 0 Å². The molecule has 1 aromatic rings. The van der Waals surface area contributed by atoms with Crippen LogP contribution < -0.4 is 5.56 Å². The molecule has 0 spiro atoms. The molecule has 8 heavy (non-hydrogen) atoms. The Balaban J connectivity index is 3.01. The zero-order valence-corrected chi connectivity index (χ0v) is 5.23. The third-order valence-corrected chi connectivity index (χ3v) is 1.38. The van der Waals surface area contributed by atoms with Crippen molar-refractivity contribution in [3.63, 3.8) is 0 Å². The molecule has 0 amide bonds. The SMILES string of the molecule is CSn1ccc(=O)[nH]1. The van der Waals surface area contributed by atoms with Crippen molar-refractivity contribution < 1.29 is 0 Å². The van der Waals surface area contributed by atoms with E-state index in [4.69, 9.17) is 0 Å². The van der Waals surface area contributed by atoms with Gasteiger partial charge in [0.25, 0.3) is 5.56 Å². The minimum absolute atomic E-state index is 0.0562. The van der Waals surface area contributed by atoms with Crippen LogP contribution in [0.4, 0.5) is 0 Å². The zero-order valence-electron chi connectivity index (χ0n) is 4.42. The highest BCUT2D eigenvalue weighted by atomic mass is 32.2. The lowest BCUT2D eigenvalue weighted by atomic mass is 10.7. The summed E-state index contributed by atoms with van der Waals surface area (Å²) in [4.78, 5) is 10.4. The van der Waals surface area contributed by atoms with Gasteiger partial charge in [0.1, 0.15) is 0 Å². The number of nitrogens with zero attached hydrogens (tertiary/aromatic N) is 1. The molecule has 0 aromatic carbocycles. The van der Waals surface area contributed by atoms with Crippen LogP contribution in [0.15, 0.2) is 17.1 Å². The molecule has 4 heteroatoms. The summed E-state index contributed by atoms with van der Waals surface area (Å²) in [7, 11) is 0. The average Bonchev–Trinajstić information content (AvgIpc) is 2.14. The van der Waals surface area contributed by atoms with Crippen molar-refractivity contribution in [2.24, 2.45) is 0 Å². The Kier molecular flexibility index (Phi) is 1.43. The van der Waals surface area contributed by atoms with Crippen LogP contribution >= 0.6 is 11.9 Å². The number of H-pyrrole nitrogens is 1. The lowest BCUT2D eigenvalue weighted by molar-refractivity contribution is 0.986. The topological polar surface area (TPSA) is 37.8 Å². The third-order valence-electron chi connectivity index (χ3n) is 0.778. The van der Waals surface area contributed by atoms with E-state index in [9.17, 15) is 4.79 Å². The number of aromatic amines is 1. The summed E-state index contributed by atoms with van der Waals surface area (Å²) in [5.74, 6) is 0. The highest BCUT2D eigenvalue weighted by molar-refractivity contribution is 7.97. The highest BCUT2D eigenvalue weighted by Crippen LogP contribution is 1.91. The Labute approximate surface area is 50.8 Å². The fraction of sp³-hybridized carbons (Fsp3) is 0.250. The van der Waals surface area contributed by atoms with Crippen molar-refractivity contribution in [2.45, 2.75) is 0 Å². The summed E-state index contributed by atoms with van der Waals surface area (Å²) in [5, 5.41) is 2.55. The molecule has 0 aliphatic rings. The smallest absolute Gasteiger partial charge is 0.264 e. The second kappa shape index (κ2) is 2.09. The summed E-state index contributed by atoms with van der Waals surface area (Å²) < 4.78 is 1.64. The van der Waals surface area contributed by atoms with E-state index in [1.165, 1.54) is 18.0 Å². The first-order valence-electron chi connectivity index (χ1n) is 2.15. The van der Waals surface area contributed by atoms with E-state index >= 15 is 0 Å². The van der Waals surface area contributed by atoms with Gasteiger partial charge in [0, 0.05) is 18.5 Å². The fourth-order valence-corrected chi connectivity index (χ4v) is 0.789. The molecule has 0 saturated carbocycles. The molecular formula is C4H6N2OS. The van der Waals surface area contributed by atoms with Crippen molar-refractivity contribution in [1.82, 2.24) is 9.19 Å². The fourth-order valence-electron chi connectivity index (χ4n) is 0.425. The predicted octanol–water partition coefficient (Wildman–Crippen LogP) is 0.302. The molecule has 1 heterocycles. The number of hydrogen-bond acceptors (Lipinski definition) is 2. The minimum Gasteiger partial charge on any atom is -0.268 e. The van der Waals surface area contributed by atoms with Gasteiger partial charge in [-0.15, -0.1) is 0 Å². The molecule has 0 aliphatic carbocycles. The maximum absolute atomic E-state index is 10.4. The molecular weight excluding hydrogens is 124 g/mol. The molecule has 0 unspecified atom stereocenters. The van der Waals surface area contributed by atoms with E-state index < -0.39 is 0 Å². The van der Waals surface area contributed by atoms with E-state index in [-0.39, 0.29) is 5.56 Å². The summed E-state index contributed by atoms with van der Waals surface area (Å²) in [6, 6.07) is 1.48. The first-order valence-corrected chi connectivity index (χ1v) is 3.33. The van der Waals surface area contributed by atoms with Gasteiger partial charge in [-0.25, -0.2) is 4.09 Å². The standard InChI is InChI=1S/C4H6N2OS/c1-8-6-3-2-4(7)5-6/h2-3H,1H3,(H,5,7). The highest BCUT2D eigenvalue weighted by Gasteiger charge is 1.84. The number of aromatic nitrogens is 2. The van der Waals surface area contributed by atoms with Gasteiger partial charge in [0.2, 0.25) is 0 Å². The van der Waals surface area contributed by atoms with Crippen molar-refractivity contribution in [1.29, 1.82) is 0 Å². The molecule has 0 aliphatic heterocycles. The molecule has 0 atom stereocenters. The third kappa shape index (κ3) is 0.949. The van der Waals surface area contributed by atoms with Crippen LogP contribution in [-0.2, 0) is 0 Å². The van der Waals surface area contributed by atoms with E-state index in [0.29, 0.717) is 0 Å². The quantitative estimate of drug-likeness (QED) is 0.593. The summed E-state index contributed by atoms with van der Waals surface area (Å²) >= 11 is 1.45. The second-order valence-electron chi connectivity index (χ2n) is 1.30. The number of nitrogens with one attached hydrogen (secondary N) is 1. The van der Waals surface area contributed by atoms with Gasteiger partial charge in [-0.1, -0.05) is 0 Å². The minimum atomic E-state index is -0.0562. The van der Waals surface area contributed by atoms with Gasteiger partial charge < -0.3 is 0 Å². The predicted molar refractivity (Wildman–Crippen MR) is 34.0 cm³/mol. The maximum Gasteiger partial charge on any atom is 0.264 e. The van der Waals surface area contributed by atoms with Crippen LogP contribution in [0.2, 0.25) is 0 Å². The van der Waals surface area contributed by atoms with Crippen LogP contribution in [0, 0.1) is 0 Å². The van der Waals surface area contributed by atoms with E-state index in [1.54, 1.807) is 10.3 Å². The molecule has 1 N–H and O–H groups in total. The molecule has 0 bridgehead atoms. The van der Waals surface area contributed by atoms with Gasteiger partial charge in [-0.3, -0.25) is 9.89 Å². The van der Waals surface area contributed by atoms with Crippen LogP contribution in [0.1, 0.15) is 0 Å². The number of rotatable bonds is 1. The van der Waals surface area contributed by atoms with E-state index in [2.05, 4.69) is 5.10 Å². The normalized spacial score (nSPS) is 9.62. The summed E-state index contributed by atoms with van der Waals surface area (Å²) in [5.41, 5.74) is -0.0562. The van der Waals surface area contributed by atoms with Crippen LogP contribution in [-0.4, -0.2) is 15.4 Å². The molecule has 1 aromatic heterocycles. The van der Waals surface area contributed by atoms with Gasteiger partial charge in [0.05, 0.1) is 0 Å². The molecule has 0 saturated heterocycles. The monoisotopic (exact) mass is 130 g/mol. The first kappa shape index (κ1) is 5.50.